The first-order valence-corrected chi connectivity index (χ1v) is 9.38. The zero-order valence-electron chi connectivity index (χ0n) is 16.0. The Morgan fingerprint density at radius 2 is 2.15 bits per heavy atom. The molecule has 1 atom stereocenters. The number of rotatable bonds is 8. The Hall–Kier alpha value is -2.20. The zero-order chi connectivity index (χ0) is 19.7. The summed E-state index contributed by atoms with van der Waals surface area (Å²) in [4.78, 5) is 29.8. The van der Waals surface area contributed by atoms with Crippen LogP contribution in [0, 0.1) is 12.3 Å². The van der Waals surface area contributed by atoms with Crippen LogP contribution in [0.3, 0.4) is 0 Å². The molecule has 0 amide bonds. The van der Waals surface area contributed by atoms with Gasteiger partial charge in [0.1, 0.15) is 5.71 Å². The van der Waals surface area contributed by atoms with Gasteiger partial charge in [-0.1, -0.05) is 23.6 Å². The van der Waals surface area contributed by atoms with E-state index in [1.54, 1.807) is 18.7 Å². The third-order valence-corrected chi connectivity index (χ3v) is 4.61. The van der Waals surface area contributed by atoms with E-state index in [-0.39, 0.29) is 6.42 Å². The molecule has 0 aromatic carbocycles. The number of hydrogen-bond donors (Lipinski definition) is 0. The van der Waals surface area contributed by atoms with Crippen molar-refractivity contribution >= 4 is 29.4 Å². The van der Waals surface area contributed by atoms with Crippen LogP contribution >= 0.6 is 11.8 Å². The molecule has 0 saturated heterocycles. The van der Waals surface area contributed by atoms with E-state index in [1.165, 1.54) is 6.92 Å². The number of oxime groups is 1. The molecule has 0 spiro atoms. The number of hydrogen-bond acceptors (Lipinski definition) is 7. The third-order valence-electron chi connectivity index (χ3n) is 3.84. The van der Waals surface area contributed by atoms with Gasteiger partial charge >= 0.3 is 11.9 Å². The van der Waals surface area contributed by atoms with Gasteiger partial charge in [0.25, 0.3) is 0 Å². The van der Waals surface area contributed by atoms with Crippen LogP contribution in [-0.4, -0.2) is 48.5 Å². The van der Waals surface area contributed by atoms with Crippen LogP contribution in [0.1, 0.15) is 40.0 Å². The molecule has 6 nitrogen and oxygen atoms in total. The molecule has 0 aliphatic heterocycles. The second kappa shape index (κ2) is 10.7. The van der Waals surface area contributed by atoms with Crippen LogP contribution in [0.2, 0.25) is 0 Å². The lowest BCUT2D eigenvalue weighted by atomic mass is 10.1. The minimum absolute atomic E-state index is 0.230. The summed E-state index contributed by atoms with van der Waals surface area (Å²) >= 11 is 1.56. The maximum Gasteiger partial charge on any atom is 0.334 e. The van der Waals surface area contributed by atoms with Gasteiger partial charge in [-0.2, -0.15) is 0 Å². The number of nitrogens with zero attached hydrogens (tertiary/aromatic N) is 2. The van der Waals surface area contributed by atoms with Gasteiger partial charge in [0.05, 0.1) is 5.75 Å². The summed E-state index contributed by atoms with van der Waals surface area (Å²) in [5.74, 6) is 2.37. The maximum absolute atomic E-state index is 11.4. The Bertz CT molecular complexity index is 672. The smallest absolute Gasteiger partial charge is 0.334 e. The number of carbonyl (C=O) groups excluding carboxylic acids is 2. The van der Waals surface area contributed by atoms with Gasteiger partial charge in [-0.3, -0.25) is 4.79 Å². The lowest BCUT2D eigenvalue weighted by Crippen LogP contribution is -2.23. The Morgan fingerprint density at radius 1 is 1.46 bits per heavy atom. The van der Waals surface area contributed by atoms with Gasteiger partial charge in [0.15, 0.2) is 6.10 Å². The van der Waals surface area contributed by atoms with Crippen molar-refractivity contribution in [1.29, 1.82) is 0 Å². The molecule has 0 saturated carbocycles. The average Bonchev–Trinajstić information content (AvgIpc) is 2.87. The normalized spacial score (nSPS) is 18.7. The fourth-order valence-corrected chi connectivity index (χ4v) is 3.04. The van der Waals surface area contributed by atoms with Crippen molar-refractivity contribution in [2.45, 2.75) is 46.1 Å². The number of carbonyl (C=O) groups is 2. The van der Waals surface area contributed by atoms with Crippen LogP contribution in [0.5, 0.6) is 0 Å². The second-order valence-corrected chi connectivity index (χ2v) is 6.91. The Balaban J connectivity index is 3.03. The van der Waals surface area contributed by atoms with Crippen molar-refractivity contribution in [1.82, 2.24) is 4.90 Å². The molecule has 1 aliphatic carbocycles. The predicted octanol–water partition coefficient (Wildman–Crippen LogP) is 3.11. The zero-order valence-corrected chi connectivity index (χ0v) is 16.8. The van der Waals surface area contributed by atoms with Gasteiger partial charge in [0.2, 0.25) is 0 Å². The van der Waals surface area contributed by atoms with Crippen molar-refractivity contribution in [3.05, 3.63) is 22.3 Å². The molecular weight excluding hydrogens is 352 g/mol. The van der Waals surface area contributed by atoms with Crippen molar-refractivity contribution < 1.29 is 19.2 Å². The topological polar surface area (TPSA) is 68.2 Å². The van der Waals surface area contributed by atoms with Crippen LogP contribution in [0.25, 0.3) is 0 Å². The highest BCUT2D eigenvalue weighted by Gasteiger charge is 2.32. The summed E-state index contributed by atoms with van der Waals surface area (Å²) in [5, 5.41) is 5.98. The molecule has 0 aromatic heterocycles. The minimum Gasteiger partial charge on any atom is -0.452 e. The van der Waals surface area contributed by atoms with Crippen molar-refractivity contribution in [3.8, 4) is 12.3 Å². The molecule has 1 rings (SSSR count). The molecule has 0 N–H and O–H groups in total. The van der Waals surface area contributed by atoms with E-state index in [0.717, 1.165) is 16.8 Å². The summed E-state index contributed by atoms with van der Waals surface area (Å²) in [6.45, 7) is 4.95. The fourth-order valence-electron chi connectivity index (χ4n) is 2.37. The van der Waals surface area contributed by atoms with E-state index in [4.69, 9.17) is 16.0 Å². The monoisotopic (exact) mass is 378 g/mol. The first-order chi connectivity index (χ1) is 12.3. The quantitative estimate of drug-likeness (QED) is 0.161. The first kappa shape index (κ1) is 21.8. The first-order valence-electron chi connectivity index (χ1n) is 8.33. The van der Waals surface area contributed by atoms with Crippen LogP contribution in [0.4, 0.5) is 0 Å². The Morgan fingerprint density at radius 3 is 2.69 bits per heavy atom. The Kier molecular flexibility index (Phi) is 9.00. The summed E-state index contributed by atoms with van der Waals surface area (Å²) in [6, 6.07) is 0. The standard InChI is InChI=1S/C19H26N2O4S/c1-7-9-26-12-16(21(5)6)10-15-11-17(20-25-18(23)8-2)19(13(15)3)24-14(4)22/h1,12,19H,8-11H2,2-6H3/b16-12-,20-17+. The van der Waals surface area contributed by atoms with E-state index < -0.39 is 18.0 Å². The van der Waals surface area contributed by atoms with Crippen molar-refractivity contribution in [2.24, 2.45) is 5.16 Å². The summed E-state index contributed by atoms with van der Waals surface area (Å²) in [5.41, 5.74) is 3.63. The van der Waals surface area contributed by atoms with Gasteiger partial charge in [0, 0.05) is 46.0 Å². The van der Waals surface area contributed by atoms with E-state index in [2.05, 4.69) is 11.1 Å². The molecule has 1 unspecified atom stereocenters. The molecule has 26 heavy (non-hydrogen) atoms. The fraction of sp³-hybridized carbons (Fsp3) is 0.526. The number of esters is 1. The summed E-state index contributed by atoms with van der Waals surface area (Å²) in [6.07, 6.45) is 6.11. The van der Waals surface area contributed by atoms with E-state index in [0.29, 0.717) is 24.3 Å². The largest absolute Gasteiger partial charge is 0.452 e. The van der Waals surface area contributed by atoms with Crippen LogP contribution < -0.4 is 0 Å². The maximum atomic E-state index is 11.4. The van der Waals surface area contributed by atoms with E-state index in [1.807, 2.05) is 31.3 Å². The van der Waals surface area contributed by atoms with Gasteiger partial charge in [-0.15, -0.1) is 18.2 Å². The van der Waals surface area contributed by atoms with Gasteiger partial charge in [-0.25, -0.2) is 4.79 Å². The van der Waals surface area contributed by atoms with Crippen molar-refractivity contribution in [2.75, 3.05) is 19.8 Å². The average molecular weight is 378 g/mol. The molecule has 0 heterocycles. The number of ether oxygens (including phenoxy) is 1. The van der Waals surface area contributed by atoms with Crippen molar-refractivity contribution in [3.63, 3.8) is 0 Å². The van der Waals surface area contributed by atoms with Gasteiger partial charge in [-0.05, 0) is 17.9 Å². The summed E-state index contributed by atoms with van der Waals surface area (Å²) < 4.78 is 5.39. The highest BCUT2D eigenvalue weighted by atomic mass is 32.2. The second-order valence-electron chi connectivity index (χ2n) is 6.05. The lowest BCUT2D eigenvalue weighted by molar-refractivity contribution is -0.143. The molecule has 0 aromatic rings. The van der Waals surface area contributed by atoms with Crippen LogP contribution in [0.15, 0.2) is 27.4 Å². The Labute approximate surface area is 159 Å². The van der Waals surface area contributed by atoms with E-state index >= 15 is 0 Å². The van der Waals surface area contributed by atoms with E-state index in [9.17, 15) is 9.59 Å². The third kappa shape index (κ3) is 6.60. The molecule has 0 radical (unpaired) electrons. The summed E-state index contributed by atoms with van der Waals surface area (Å²) in [7, 11) is 3.93. The van der Waals surface area contributed by atoms with Gasteiger partial charge < -0.3 is 14.5 Å². The molecule has 0 bridgehead atoms. The molecule has 0 fully saturated rings. The van der Waals surface area contributed by atoms with Crippen LogP contribution in [-0.2, 0) is 19.2 Å². The number of terminal acetylenes is 1. The molecule has 142 valence electrons. The molecule has 7 heteroatoms. The number of allylic oxidation sites excluding steroid dienone is 1. The minimum atomic E-state index is -0.589. The SMILES string of the molecule is C#CCS/C=C(/CC1=C(C)C(OC(C)=O)/C(=N/OC(=O)CC)C1)N(C)C. The predicted molar refractivity (Wildman–Crippen MR) is 104 cm³/mol. The highest BCUT2D eigenvalue weighted by molar-refractivity contribution is 8.02. The molecular formula is C19H26N2O4S. The highest BCUT2D eigenvalue weighted by Crippen LogP contribution is 2.32. The number of thioether (sulfide) groups is 1. The molecule has 1 aliphatic rings. The lowest BCUT2D eigenvalue weighted by Gasteiger charge is -2.18.